The van der Waals surface area contributed by atoms with Gasteiger partial charge in [0.05, 0.1) is 22.8 Å². The quantitative estimate of drug-likeness (QED) is 0.520. The number of aryl methyl sites for hydroxylation is 1. The van der Waals surface area contributed by atoms with E-state index in [-0.39, 0.29) is 10.5 Å². The molecule has 33 heavy (non-hydrogen) atoms. The summed E-state index contributed by atoms with van der Waals surface area (Å²) in [6, 6.07) is 4.76. The summed E-state index contributed by atoms with van der Waals surface area (Å²) in [6.45, 7) is 7.03. The maximum Gasteiger partial charge on any atom is 0.254 e. The van der Waals surface area contributed by atoms with Gasteiger partial charge in [0.1, 0.15) is 11.6 Å². The number of aromatic amines is 1. The maximum atomic E-state index is 13.3. The second-order valence-electron chi connectivity index (χ2n) is 8.11. The van der Waals surface area contributed by atoms with Gasteiger partial charge in [-0.05, 0) is 38.1 Å². The number of piperazine rings is 1. The van der Waals surface area contributed by atoms with Gasteiger partial charge in [-0.15, -0.1) is 0 Å². The van der Waals surface area contributed by atoms with Gasteiger partial charge in [0.2, 0.25) is 10.0 Å². The number of H-pyrrole nitrogens is 1. The van der Waals surface area contributed by atoms with Crippen LogP contribution in [-0.2, 0) is 27.6 Å². The van der Waals surface area contributed by atoms with Gasteiger partial charge in [-0.25, -0.2) is 13.4 Å². The molecule has 2 aromatic rings. The number of aromatic nitrogens is 2. The molecule has 1 N–H and O–H groups in total. The zero-order valence-electron chi connectivity index (χ0n) is 19.9. The molecule has 10 heteroatoms. The first-order valence-corrected chi connectivity index (χ1v) is 12.8. The van der Waals surface area contributed by atoms with E-state index in [0.717, 1.165) is 0 Å². The first-order chi connectivity index (χ1) is 15.8. The highest BCUT2D eigenvalue weighted by Gasteiger charge is 2.28. The largest absolute Gasteiger partial charge is 0.493 e. The van der Waals surface area contributed by atoms with Crippen LogP contribution in [0.15, 0.2) is 27.9 Å². The second-order valence-corrected chi connectivity index (χ2v) is 10.0. The second kappa shape index (κ2) is 11.2. The lowest BCUT2D eigenvalue weighted by Crippen LogP contribution is -2.47. The average molecular weight is 479 g/mol. The van der Waals surface area contributed by atoms with Gasteiger partial charge in [-0.3, -0.25) is 4.79 Å². The molecule has 1 aromatic carbocycles. The molecule has 0 bridgehead atoms. The molecular weight excluding hydrogens is 444 g/mol. The summed E-state index contributed by atoms with van der Waals surface area (Å²) in [4.78, 5) is 22.5. The number of methoxy groups -OCH3 is 1. The van der Waals surface area contributed by atoms with Crippen LogP contribution in [0.25, 0.3) is 11.4 Å². The summed E-state index contributed by atoms with van der Waals surface area (Å²) in [6.07, 6.45) is 1.85. The van der Waals surface area contributed by atoms with E-state index in [1.54, 1.807) is 25.3 Å². The predicted molar refractivity (Wildman–Crippen MR) is 127 cm³/mol. The minimum Gasteiger partial charge on any atom is -0.493 e. The van der Waals surface area contributed by atoms with Gasteiger partial charge in [-0.1, -0.05) is 13.8 Å². The number of ether oxygens (including phenoxy) is 2. The SMILES string of the molecule is CCc1nc(-c2cc(S(=O)(=O)N3CCN(C)CC3)ccc2OCCCOC)[nH]c(=O)c1CC. The number of nitrogens with one attached hydrogen (secondary N) is 1. The molecule has 0 radical (unpaired) electrons. The molecule has 9 nitrogen and oxygen atoms in total. The Kier molecular flexibility index (Phi) is 8.63. The van der Waals surface area contributed by atoms with Crippen LogP contribution >= 0.6 is 0 Å². The fourth-order valence-electron chi connectivity index (χ4n) is 3.87. The summed E-state index contributed by atoms with van der Waals surface area (Å²) >= 11 is 0. The average Bonchev–Trinajstić information content (AvgIpc) is 2.81. The van der Waals surface area contributed by atoms with Crippen LogP contribution in [-0.4, -0.2) is 81.1 Å². The van der Waals surface area contributed by atoms with Crippen molar-refractivity contribution in [2.45, 2.75) is 38.0 Å². The van der Waals surface area contributed by atoms with Gasteiger partial charge >= 0.3 is 0 Å². The standard InChI is InChI=1S/C23H34N4O5S/c1-5-18-20(6-2)24-22(25-23(18)28)19-16-17(8-9-21(19)32-15-7-14-31-4)33(29,30)27-12-10-26(3)11-13-27/h8-9,16H,5-7,10-15H2,1-4H3,(H,24,25,28). The number of hydrogen-bond donors (Lipinski definition) is 1. The Labute approximate surface area is 195 Å². The molecule has 1 saturated heterocycles. The normalized spacial score (nSPS) is 15.6. The van der Waals surface area contributed by atoms with E-state index in [1.807, 2.05) is 20.9 Å². The fraction of sp³-hybridized carbons (Fsp3) is 0.565. The Bertz CT molecular complexity index is 1110. The highest BCUT2D eigenvalue weighted by atomic mass is 32.2. The minimum atomic E-state index is -3.69. The molecule has 0 spiro atoms. The molecule has 0 amide bonds. The van der Waals surface area contributed by atoms with E-state index < -0.39 is 10.0 Å². The third-order valence-electron chi connectivity index (χ3n) is 5.85. The molecule has 1 fully saturated rings. The van der Waals surface area contributed by atoms with Crippen molar-refractivity contribution in [1.82, 2.24) is 19.2 Å². The first kappa shape index (κ1) is 25.4. The minimum absolute atomic E-state index is 0.159. The van der Waals surface area contributed by atoms with Crippen LogP contribution < -0.4 is 10.3 Å². The van der Waals surface area contributed by atoms with Crippen molar-refractivity contribution in [1.29, 1.82) is 0 Å². The topological polar surface area (TPSA) is 105 Å². The van der Waals surface area contributed by atoms with Crippen molar-refractivity contribution in [3.05, 3.63) is 39.8 Å². The van der Waals surface area contributed by atoms with Gasteiger partial charge in [-0.2, -0.15) is 4.31 Å². The number of rotatable bonds is 10. The Morgan fingerprint density at radius 2 is 1.82 bits per heavy atom. The highest BCUT2D eigenvalue weighted by Crippen LogP contribution is 2.32. The number of hydrogen-bond acceptors (Lipinski definition) is 7. The maximum absolute atomic E-state index is 13.3. The summed E-state index contributed by atoms with van der Waals surface area (Å²) < 4.78 is 39.2. The van der Waals surface area contributed by atoms with Crippen LogP contribution in [0, 0.1) is 0 Å². The van der Waals surface area contributed by atoms with Crippen molar-refractivity contribution in [2.75, 3.05) is 53.6 Å². The van der Waals surface area contributed by atoms with Crippen molar-refractivity contribution >= 4 is 10.0 Å². The molecule has 2 heterocycles. The Morgan fingerprint density at radius 1 is 1.09 bits per heavy atom. The van der Waals surface area contributed by atoms with E-state index in [9.17, 15) is 13.2 Å². The summed E-state index contributed by atoms with van der Waals surface area (Å²) in [5.74, 6) is 0.782. The molecule has 0 aliphatic carbocycles. The van der Waals surface area contributed by atoms with Crippen LogP contribution in [0.3, 0.4) is 0 Å². The van der Waals surface area contributed by atoms with E-state index in [2.05, 4.69) is 14.9 Å². The van der Waals surface area contributed by atoms with E-state index in [0.29, 0.717) is 87.1 Å². The summed E-state index contributed by atoms with van der Waals surface area (Å²) in [7, 11) is -0.0872. The predicted octanol–water partition coefficient (Wildman–Crippen LogP) is 1.91. The molecule has 182 valence electrons. The molecule has 0 saturated carbocycles. The van der Waals surface area contributed by atoms with Crippen molar-refractivity contribution < 1.29 is 17.9 Å². The van der Waals surface area contributed by atoms with Crippen LogP contribution in [0.5, 0.6) is 5.75 Å². The Morgan fingerprint density at radius 3 is 2.45 bits per heavy atom. The number of likely N-dealkylation sites (N-methyl/N-ethyl adjacent to an activating group) is 1. The van der Waals surface area contributed by atoms with E-state index >= 15 is 0 Å². The van der Waals surface area contributed by atoms with Gasteiger partial charge in [0.15, 0.2) is 0 Å². The summed E-state index contributed by atoms with van der Waals surface area (Å²) in [5.41, 5.74) is 1.59. The molecule has 1 aliphatic rings. The monoisotopic (exact) mass is 478 g/mol. The van der Waals surface area contributed by atoms with Gasteiger partial charge < -0.3 is 19.4 Å². The highest BCUT2D eigenvalue weighted by molar-refractivity contribution is 7.89. The molecule has 1 aliphatic heterocycles. The molecular formula is C23H34N4O5S. The van der Waals surface area contributed by atoms with Crippen LogP contribution in [0.1, 0.15) is 31.5 Å². The molecule has 3 rings (SSSR count). The van der Waals surface area contributed by atoms with Crippen molar-refractivity contribution in [2.24, 2.45) is 0 Å². The lowest BCUT2D eigenvalue weighted by atomic mass is 10.1. The van der Waals surface area contributed by atoms with Gasteiger partial charge in [0.25, 0.3) is 5.56 Å². The van der Waals surface area contributed by atoms with Crippen LogP contribution in [0.4, 0.5) is 0 Å². The van der Waals surface area contributed by atoms with Crippen LogP contribution in [0.2, 0.25) is 0 Å². The number of nitrogens with zero attached hydrogens (tertiary/aromatic N) is 3. The lowest BCUT2D eigenvalue weighted by Gasteiger charge is -2.31. The Hall–Kier alpha value is -2.27. The molecule has 1 aromatic heterocycles. The lowest BCUT2D eigenvalue weighted by molar-refractivity contribution is 0.172. The smallest absolute Gasteiger partial charge is 0.254 e. The van der Waals surface area contributed by atoms with Gasteiger partial charge in [0, 0.05) is 51.9 Å². The first-order valence-electron chi connectivity index (χ1n) is 11.4. The fourth-order valence-corrected chi connectivity index (χ4v) is 5.32. The number of sulfonamides is 1. The van der Waals surface area contributed by atoms with E-state index in [1.165, 1.54) is 4.31 Å². The molecule has 0 unspecified atom stereocenters. The molecule has 0 atom stereocenters. The third-order valence-corrected chi connectivity index (χ3v) is 7.74. The zero-order chi connectivity index (χ0) is 24.0. The van der Waals surface area contributed by atoms with Crippen molar-refractivity contribution in [3.63, 3.8) is 0 Å². The number of benzene rings is 1. The zero-order valence-corrected chi connectivity index (χ0v) is 20.7. The third kappa shape index (κ3) is 5.81. The summed E-state index contributed by atoms with van der Waals surface area (Å²) in [5, 5.41) is 0. The van der Waals surface area contributed by atoms with E-state index in [4.69, 9.17) is 9.47 Å². The Balaban J connectivity index is 2.05. The van der Waals surface area contributed by atoms with Crippen molar-refractivity contribution in [3.8, 4) is 17.1 Å².